The summed E-state index contributed by atoms with van der Waals surface area (Å²) in [5.41, 5.74) is 11.9. The Hall–Kier alpha value is -2.49. The highest BCUT2D eigenvalue weighted by Gasteiger charge is 2.12. The Kier molecular flexibility index (Phi) is 3.53. The number of ether oxygens (including phenoxy) is 1. The van der Waals surface area contributed by atoms with E-state index in [0.29, 0.717) is 0 Å². The summed E-state index contributed by atoms with van der Waals surface area (Å²) >= 11 is 0. The van der Waals surface area contributed by atoms with E-state index in [4.69, 9.17) is 15.5 Å². The standard InChI is InChI=1S/C18H21N3O/c1-11(2)22-16-7-5-14(6-8-16)17-13(4)21-10-15(19)9-12(3)18(21)20-17/h5-11H,19H2,1-4H3. The van der Waals surface area contributed by atoms with Crippen LogP contribution in [-0.2, 0) is 0 Å². The second kappa shape index (κ2) is 5.37. The average Bonchev–Trinajstić information content (AvgIpc) is 2.77. The van der Waals surface area contributed by atoms with E-state index in [1.165, 1.54) is 0 Å². The van der Waals surface area contributed by atoms with Gasteiger partial charge in [0.15, 0.2) is 0 Å². The second-order valence-corrected chi connectivity index (χ2v) is 5.89. The van der Waals surface area contributed by atoms with Gasteiger partial charge in [0.25, 0.3) is 0 Å². The molecule has 0 unspecified atom stereocenters. The number of hydrogen-bond acceptors (Lipinski definition) is 3. The van der Waals surface area contributed by atoms with E-state index in [9.17, 15) is 0 Å². The molecular formula is C18H21N3O. The van der Waals surface area contributed by atoms with Gasteiger partial charge in [-0.15, -0.1) is 0 Å². The fraction of sp³-hybridized carbons (Fsp3) is 0.278. The molecule has 0 radical (unpaired) electrons. The minimum atomic E-state index is 0.174. The van der Waals surface area contributed by atoms with Crippen LogP contribution in [0.5, 0.6) is 5.75 Å². The monoisotopic (exact) mass is 295 g/mol. The molecule has 0 saturated carbocycles. The summed E-state index contributed by atoms with van der Waals surface area (Å²) in [7, 11) is 0. The van der Waals surface area contributed by atoms with Crippen LogP contribution in [0.25, 0.3) is 16.9 Å². The molecule has 2 aromatic heterocycles. The molecule has 0 saturated heterocycles. The van der Waals surface area contributed by atoms with Crippen molar-refractivity contribution in [3.8, 4) is 17.0 Å². The highest BCUT2D eigenvalue weighted by atomic mass is 16.5. The third-order valence-electron chi connectivity index (χ3n) is 3.66. The molecule has 1 aromatic carbocycles. The smallest absolute Gasteiger partial charge is 0.140 e. The highest BCUT2D eigenvalue weighted by Crippen LogP contribution is 2.28. The van der Waals surface area contributed by atoms with E-state index in [1.807, 2.05) is 57.3 Å². The summed E-state index contributed by atoms with van der Waals surface area (Å²) in [5.74, 6) is 0.876. The van der Waals surface area contributed by atoms with Crippen molar-refractivity contribution in [3.05, 3.63) is 47.8 Å². The average molecular weight is 295 g/mol. The fourth-order valence-corrected chi connectivity index (χ4v) is 2.69. The Labute approximate surface area is 130 Å². The zero-order chi connectivity index (χ0) is 15.9. The Morgan fingerprint density at radius 3 is 2.45 bits per heavy atom. The van der Waals surface area contributed by atoms with Crippen molar-refractivity contribution in [2.75, 3.05) is 5.73 Å². The summed E-state index contributed by atoms with van der Waals surface area (Å²) in [5, 5.41) is 0. The maximum atomic E-state index is 5.94. The highest BCUT2D eigenvalue weighted by molar-refractivity contribution is 5.69. The number of nitrogen functional groups attached to an aromatic ring is 1. The molecule has 0 aliphatic carbocycles. The van der Waals surface area contributed by atoms with Crippen LogP contribution in [0.1, 0.15) is 25.1 Å². The first-order chi connectivity index (χ1) is 10.5. The van der Waals surface area contributed by atoms with E-state index in [2.05, 4.69) is 11.3 Å². The van der Waals surface area contributed by atoms with Crippen molar-refractivity contribution in [1.82, 2.24) is 9.38 Å². The van der Waals surface area contributed by atoms with Gasteiger partial charge in [-0.2, -0.15) is 0 Å². The summed E-state index contributed by atoms with van der Waals surface area (Å²) in [6.07, 6.45) is 2.10. The van der Waals surface area contributed by atoms with Crippen molar-refractivity contribution in [2.45, 2.75) is 33.8 Å². The molecule has 114 valence electrons. The lowest BCUT2D eigenvalue weighted by Crippen LogP contribution is -2.05. The summed E-state index contributed by atoms with van der Waals surface area (Å²) in [6, 6.07) is 10.0. The van der Waals surface area contributed by atoms with Crippen LogP contribution in [0.15, 0.2) is 36.5 Å². The van der Waals surface area contributed by atoms with Gasteiger partial charge < -0.3 is 14.9 Å². The van der Waals surface area contributed by atoms with Crippen LogP contribution in [0.3, 0.4) is 0 Å². The van der Waals surface area contributed by atoms with Gasteiger partial charge >= 0.3 is 0 Å². The number of hydrogen-bond donors (Lipinski definition) is 1. The number of benzene rings is 1. The predicted octanol–water partition coefficient (Wildman–Crippen LogP) is 3.99. The van der Waals surface area contributed by atoms with Gasteiger partial charge in [-0.25, -0.2) is 4.98 Å². The molecular weight excluding hydrogens is 274 g/mol. The van der Waals surface area contributed by atoms with Crippen LogP contribution in [0, 0.1) is 13.8 Å². The van der Waals surface area contributed by atoms with Gasteiger partial charge in [0, 0.05) is 23.1 Å². The maximum Gasteiger partial charge on any atom is 0.140 e. The number of anilines is 1. The lowest BCUT2D eigenvalue weighted by Gasteiger charge is -2.09. The van der Waals surface area contributed by atoms with Gasteiger partial charge in [0.1, 0.15) is 11.4 Å². The Bertz CT molecular complexity index is 816. The Balaban J connectivity index is 2.06. The molecule has 3 aromatic rings. The molecule has 0 aliphatic heterocycles. The summed E-state index contributed by atoms with van der Waals surface area (Å²) in [4.78, 5) is 4.78. The minimum Gasteiger partial charge on any atom is -0.491 e. The molecule has 2 heterocycles. The van der Waals surface area contributed by atoms with Crippen molar-refractivity contribution >= 4 is 11.3 Å². The van der Waals surface area contributed by atoms with Crippen LogP contribution in [0.4, 0.5) is 5.69 Å². The fourth-order valence-electron chi connectivity index (χ4n) is 2.69. The molecule has 0 fully saturated rings. The molecule has 0 atom stereocenters. The molecule has 0 bridgehead atoms. The van der Waals surface area contributed by atoms with Gasteiger partial charge in [0.2, 0.25) is 0 Å². The van der Waals surface area contributed by atoms with Gasteiger partial charge in [-0.1, -0.05) is 0 Å². The number of fused-ring (bicyclic) bond motifs is 1. The van der Waals surface area contributed by atoms with Crippen LogP contribution in [0.2, 0.25) is 0 Å². The van der Waals surface area contributed by atoms with Crippen LogP contribution < -0.4 is 10.5 Å². The molecule has 22 heavy (non-hydrogen) atoms. The van der Waals surface area contributed by atoms with Gasteiger partial charge in [0.05, 0.1) is 11.8 Å². The Morgan fingerprint density at radius 2 is 1.82 bits per heavy atom. The molecule has 0 amide bonds. The zero-order valence-electron chi connectivity index (χ0n) is 13.4. The van der Waals surface area contributed by atoms with E-state index in [1.54, 1.807) is 0 Å². The number of pyridine rings is 1. The first kappa shape index (κ1) is 14.4. The molecule has 3 rings (SSSR count). The van der Waals surface area contributed by atoms with Crippen molar-refractivity contribution < 1.29 is 4.74 Å². The van der Waals surface area contributed by atoms with Crippen molar-refractivity contribution in [2.24, 2.45) is 0 Å². The summed E-state index contributed by atoms with van der Waals surface area (Å²) < 4.78 is 7.74. The normalized spacial score (nSPS) is 11.3. The maximum absolute atomic E-state index is 5.94. The van der Waals surface area contributed by atoms with Gasteiger partial charge in [-0.05, 0) is 63.6 Å². The molecule has 4 heteroatoms. The third kappa shape index (κ3) is 2.52. The Morgan fingerprint density at radius 1 is 1.14 bits per heavy atom. The molecule has 0 spiro atoms. The first-order valence-corrected chi connectivity index (χ1v) is 7.47. The minimum absolute atomic E-state index is 0.174. The lowest BCUT2D eigenvalue weighted by atomic mass is 10.1. The van der Waals surface area contributed by atoms with Crippen LogP contribution in [-0.4, -0.2) is 15.5 Å². The summed E-state index contributed by atoms with van der Waals surface area (Å²) in [6.45, 7) is 8.13. The number of nitrogens with zero attached hydrogens (tertiary/aromatic N) is 2. The zero-order valence-corrected chi connectivity index (χ0v) is 13.4. The molecule has 0 aliphatic rings. The van der Waals surface area contributed by atoms with Crippen molar-refractivity contribution in [1.29, 1.82) is 0 Å². The lowest BCUT2D eigenvalue weighted by molar-refractivity contribution is 0.242. The topological polar surface area (TPSA) is 52.5 Å². The van der Waals surface area contributed by atoms with E-state index in [-0.39, 0.29) is 6.10 Å². The number of imidazole rings is 1. The number of aromatic nitrogens is 2. The second-order valence-electron chi connectivity index (χ2n) is 5.89. The third-order valence-corrected chi connectivity index (χ3v) is 3.66. The number of aryl methyl sites for hydroxylation is 2. The van der Waals surface area contributed by atoms with E-state index in [0.717, 1.165) is 39.6 Å². The van der Waals surface area contributed by atoms with Crippen molar-refractivity contribution in [3.63, 3.8) is 0 Å². The molecule has 4 nitrogen and oxygen atoms in total. The van der Waals surface area contributed by atoms with Crippen LogP contribution >= 0.6 is 0 Å². The van der Waals surface area contributed by atoms with Gasteiger partial charge in [-0.3, -0.25) is 0 Å². The van der Waals surface area contributed by atoms with E-state index >= 15 is 0 Å². The SMILES string of the molecule is Cc1cc(N)cn2c(C)c(-c3ccc(OC(C)C)cc3)nc12. The largest absolute Gasteiger partial charge is 0.491 e. The van der Waals surface area contributed by atoms with E-state index < -0.39 is 0 Å². The predicted molar refractivity (Wildman–Crippen MR) is 90.3 cm³/mol. The number of rotatable bonds is 3. The quantitative estimate of drug-likeness (QED) is 0.795. The molecule has 2 N–H and O–H groups in total. The first-order valence-electron chi connectivity index (χ1n) is 7.47. The number of nitrogens with two attached hydrogens (primary N) is 1.